The summed E-state index contributed by atoms with van der Waals surface area (Å²) in [5.74, 6) is -1.12. The highest BCUT2D eigenvalue weighted by Crippen LogP contribution is 2.48. The molecule has 0 unspecified atom stereocenters. The minimum Gasteiger partial charge on any atom is -0.477 e. The van der Waals surface area contributed by atoms with E-state index in [0.29, 0.717) is 13.2 Å². The van der Waals surface area contributed by atoms with Crippen molar-refractivity contribution >= 4 is 27.3 Å². The first-order chi connectivity index (χ1) is 9.38. The molecule has 0 aliphatic heterocycles. The van der Waals surface area contributed by atoms with Crippen molar-refractivity contribution in [2.24, 2.45) is 5.41 Å². The summed E-state index contributed by atoms with van der Waals surface area (Å²) in [6, 6.07) is 2.63. The summed E-state index contributed by atoms with van der Waals surface area (Å²) in [6.07, 6.45) is 2.81. The van der Waals surface area contributed by atoms with Gasteiger partial charge in [0, 0.05) is 20.3 Å². The van der Waals surface area contributed by atoms with Crippen LogP contribution in [0.4, 0.5) is 0 Å². The number of hydrogen-bond acceptors (Lipinski definition) is 5. The maximum atomic E-state index is 12.1. The van der Waals surface area contributed by atoms with E-state index in [1.807, 2.05) is 0 Å². The Bertz CT molecular complexity index is 589. The first-order valence-electron chi connectivity index (χ1n) is 6.20. The molecule has 1 aliphatic carbocycles. The maximum absolute atomic E-state index is 12.1. The monoisotopic (exact) mass is 319 g/mol. The lowest BCUT2D eigenvalue weighted by Gasteiger charge is -2.15. The molecule has 1 aromatic heterocycles. The Morgan fingerprint density at radius 1 is 1.50 bits per heavy atom. The molecule has 6 nitrogen and oxygen atoms in total. The molecule has 20 heavy (non-hydrogen) atoms. The van der Waals surface area contributed by atoms with Crippen molar-refractivity contribution in [2.75, 3.05) is 20.3 Å². The highest BCUT2D eigenvalue weighted by atomic mass is 32.2. The van der Waals surface area contributed by atoms with Crippen LogP contribution in [0.1, 0.15) is 28.9 Å². The predicted molar refractivity (Wildman–Crippen MR) is 74.6 cm³/mol. The van der Waals surface area contributed by atoms with E-state index in [0.717, 1.165) is 30.6 Å². The van der Waals surface area contributed by atoms with Crippen molar-refractivity contribution in [3.63, 3.8) is 0 Å². The molecule has 0 bridgehead atoms. The van der Waals surface area contributed by atoms with Gasteiger partial charge in [0.15, 0.2) is 0 Å². The second-order valence-electron chi connectivity index (χ2n) is 4.99. The van der Waals surface area contributed by atoms with E-state index < -0.39 is 16.0 Å². The van der Waals surface area contributed by atoms with Crippen molar-refractivity contribution in [1.29, 1.82) is 0 Å². The third-order valence-corrected chi connectivity index (χ3v) is 6.45. The average Bonchev–Trinajstić information content (AvgIpc) is 2.97. The van der Waals surface area contributed by atoms with Crippen LogP contribution < -0.4 is 4.72 Å². The molecule has 1 fully saturated rings. The Kier molecular flexibility index (Phi) is 4.48. The molecule has 1 aliphatic rings. The summed E-state index contributed by atoms with van der Waals surface area (Å²) in [5, 5.41) is 8.81. The predicted octanol–water partition coefficient (Wildman–Crippen LogP) is 1.54. The number of carbonyl (C=O) groups is 1. The zero-order valence-corrected chi connectivity index (χ0v) is 12.7. The molecule has 1 saturated carbocycles. The Balaban J connectivity index is 1.98. The van der Waals surface area contributed by atoms with Crippen LogP contribution in [0.2, 0.25) is 0 Å². The lowest BCUT2D eigenvalue weighted by atomic mass is 10.0. The van der Waals surface area contributed by atoms with E-state index in [2.05, 4.69) is 4.72 Å². The molecule has 0 spiro atoms. The van der Waals surface area contributed by atoms with Crippen LogP contribution >= 0.6 is 11.3 Å². The van der Waals surface area contributed by atoms with Crippen LogP contribution in [-0.4, -0.2) is 39.8 Å². The van der Waals surface area contributed by atoms with E-state index in [-0.39, 0.29) is 14.5 Å². The Morgan fingerprint density at radius 2 is 2.20 bits per heavy atom. The van der Waals surface area contributed by atoms with Crippen molar-refractivity contribution in [3.05, 3.63) is 17.0 Å². The van der Waals surface area contributed by atoms with Gasteiger partial charge in [-0.25, -0.2) is 17.9 Å². The lowest BCUT2D eigenvalue weighted by Crippen LogP contribution is -2.30. The van der Waals surface area contributed by atoms with E-state index in [4.69, 9.17) is 9.84 Å². The van der Waals surface area contributed by atoms with Crippen LogP contribution in [0.25, 0.3) is 0 Å². The van der Waals surface area contributed by atoms with Gasteiger partial charge in [-0.3, -0.25) is 0 Å². The summed E-state index contributed by atoms with van der Waals surface area (Å²) in [6.45, 7) is 0.989. The molecule has 0 saturated heterocycles. The molecule has 2 N–H and O–H groups in total. The number of carboxylic acid groups (broad SMARTS) is 1. The van der Waals surface area contributed by atoms with Crippen LogP contribution in [0.5, 0.6) is 0 Å². The SMILES string of the molecule is COCCC1(CNS(=O)(=O)c2ccc(C(=O)O)s2)CC1. The van der Waals surface area contributed by atoms with E-state index in [1.54, 1.807) is 7.11 Å². The Morgan fingerprint density at radius 3 is 2.70 bits per heavy atom. The van der Waals surface area contributed by atoms with Crippen LogP contribution in [-0.2, 0) is 14.8 Å². The molecular formula is C12H17NO5S2. The molecule has 112 valence electrons. The van der Waals surface area contributed by atoms with Crippen molar-refractivity contribution in [3.8, 4) is 0 Å². The first kappa shape index (κ1) is 15.4. The maximum Gasteiger partial charge on any atom is 0.345 e. The number of sulfonamides is 1. The van der Waals surface area contributed by atoms with Gasteiger partial charge in [-0.1, -0.05) is 0 Å². The average molecular weight is 319 g/mol. The number of nitrogens with one attached hydrogen (secondary N) is 1. The van der Waals surface area contributed by atoms with E-state index in [9.17, 15) is 13.2 Å². The summed E-state index contributed by atoms with van der Waals surface area (Å²) >= 11 is 0.762. The first-order valence-corrected chi connectivity index (χ1v) is 8.50. The quantitative estimate of drug-likeness (QED) is 0.758. The van der Waals surface area contributed by atoms with Gasteiger partial charge in [0.1, 0.15) is 9.09 Å². The minimum absolute atomic E-state index is 0.00989. The summed E-state index contributed by atoms with van der Waals surface area (Å²) < 4.78 is 31.8. The number of thiophene rings is 1. The number of ether oxygens (including phenoxy) is 1. The molecule has 0 amide bonds. The molecular weight excluding hydrogens is 302 g/mol. The van der Waals surface area contributed by atoms with Gasteiger partial charge in [-0.05, 0) is 36.8 Å². The van der Waals surface area contributed by atoms with Gasteiger partial charge in [0.25, 0.3) is 0 Å². The van der Waals surface area contributed by atoms with Gasteiger partial charge >= 0.3 is 5.97 Å². The molecule has 8 heteroatoms. The highest BCUT2D eigenvalue weighted by Gasteiger charge is 2.42. The summed E-state index contributed by atoms with van der Waals surface area (Å²) in [4.78, 5) is 10.8. The third kappa shape index (κ3) is 3.57. The third-order valence-electron chi connectivity index (χ3n) is 3.49. The second-order valence-corrected chi connectivity index (χ2v) is 8.07. The normalized spacial score (nSPS) is 17.1. The largest absolute Gasteiger partial charge is 0.477 e. The van der Waals surface area contributed by atoms with E-state index in [1.165, 1.54) is 12.1 Å². The number of hydrogen-bond donors (Lipinski definition) is 2. The molecule has 1 heterocycles. The number of methoxy groups -OCH3 is 1. The molecule has 2 rings (SSSR count). The summed E-state index contributed by atoms with van der Waals surface area (Å²) in [7, 11) is -2.00. The van der Waals surface area contributed by atoms with Gasteiger partial charge in [0.2, 0.25) is 10.0 Å². The fourth-order valence-electron chi connectivity index (χ4n) is 1.91. The Labute approximate surface area is 121 Å². The zero-order chi connectivity index (χ0) is 14.8. The highest BCUT2D eigenvalue weighted by molar-refractivity contribution is 7.91. The topological polar surface area (TPSA) is 92.7 Å². The number of carboxylic acids is 1. The van der Waals surface area contributed by atoms with Gasteiger partial charge in [0.05, 0.1) is 0 Å². The van der Waals surface area contributed by atoms with Crippen LogP contribution in [0.15, 0.2) is 16.3 Å². The second kappa shape index (κ2) is 5.80. The zero-order valence-electron chi connectivity index (χ0n) is 11.1. The standard InChI is InChI=1S/C12H17NO5S2/c1-18-7-6-12(4-5-12)8-13-20(16,17)10-3-2-9(19-10)11(14)15/h2-3,13H,4-8H2,1H3,(H,14,15). The van der Waals surface area contributed by atoms with Crippen LogP contribution in [0.3, 0.4) is 0 Å². The van der Waals surface area contributed by atoms with Gasteiger partial charge < -0.3 is 9.84 Å². The molecule has 0 atom stereocenters. The Hall–Kier alpha value is -0.960. The van der Waals surface area contributed by atoms with Crippen LogP contribution in [0, 0.1) is 5.41 Å². The smallest absolute Gasteiger partial charge is 0.345 e. The van der Waals surface area contributed by atoms with Crippen molar-refractivity contribution in [2.45, 2.75) is 23.5 Å². The van der Waals surface area contributed by atoms with Gasteiger partial charge in [-0.2, -0.15) is 0 Å². The molecule has 0 radical (unpaired) electrons. The molecule has 0 aromatic carbocycles. The fourth-order valence-corrected chi connectivity index (χ4v) is 4.26. The van der Waals surface area contributed by atoms with Gasteiger partial charge in [-0.15, -0.1) is 11.3 Å². The number of aromatic carboxylic acids is 1. The number of rotatable bonds is 8. The lowest BCUT2D eigenvalue weighted by molar-refractivity contribution is 0.0702. The fraction of sp³-hybridized carbons (Fsp3) is 0.583. The van der Waals surface area contributed by atoms with Crippen molar-refractivity contribution in [1.82, 2.24) is 4.72 Å². The van der Waals surface area contributed by atoms with Crippen molar-refractivity contribution < 1.29 is 23.1 Å². The van der Waals surface area contributed by atoms with E-state index >= 15 is 0 Å². The summed E-state index contributed by atoms with van der Waals surface area (Å²) in [5.41, 5.74) is 0.00989. The molecule has 1 aromatic rings. The minimum atomic E-state index is -3.63.